The molecule has 4 nitrogen and oxygen atoms in total. The minimum Gasteiger partial charge on any atom is -0.309 e. The molecule has 3 heterocycles. The number of nitrogens with zero attached hydrogens (tertiary/aromatic N) is 4. The number of para-hydroxylation sites is 3. The SMILES string of the molecule is c1ccc(-c2ccc3c(c2)c2c4c5c(nc(-c6ccccc6)n5-c5ccccc5)n(-c5ccccc5)c4ccc2n3-c2ccccc2)cc1. The van der Waals surface area contributed by atoms with Crippen LogP contribution < -0.4 is 0 Å². The zero-order valence-electron chi connectivity index (χ0n) is 26.6. The molecule has 0 fully saturated rings. The predicted octanol–water partition coefficient (Wildman–Crippen LogP) is 11.4. The Bertz CT molecular complexity index is 2780. The molecule has 230 valence electrons. The van der Waals surface area contributed by atoms with E-state index in [1.165, 1.54) is 32.8 Å². The standard InChI is InChI=1S/C45H30N4/c1-6-16-31(17-7-1)33-26-27-38-37(30-33)41-39(47(38)34-20-10-3-11-21-34)28-29-40-42(41)43-45(48(40)35-22-12-4-13-23-35)46-44(32-18-8-2-9-19-32)49(43)36-24-14-5-15-25-36/h1-30H. The molecule has 7 aromatic carbocycles. The molecule has 0 spiro atoms. The Balaban J connectivity index is 1.45. The van der Waals surface area contributed by atoms with Gasteiger partial charge in [-0.3, -0.25) is 9.13 Å². The van der Waals surface area contributed by atoms with Crippen molar-refractivity contribution in [2.45, 2.75) is 0 Å². The van der Waals surface area contributed by atoms with Gasteiger partial charge in [0.15, 0.2) is 5.65 Å². The molecule has 0 N–H and O–H groups in total. The first-order valence-electron chi connectivity index (χ1n) is 16.7. The summed E-state index contributed by atoms with van der Waals surface area (Å²) in [4.78, 5) is 5.51. The molecular weight excluding hydrogens is 597 g/mol. The first-order chi connectivity index (χ1) is 24.3. The van der Waals surface area contributed by atoms with E-state index in [4.69, 9.17) is 4.98 Å². The molecule has 0 aliphatic carbocycles. The molecule has 0 radical (unpaired) electrons. The molecule has 0 aliphatic heterocycles. The van der Waals surface area contributed by atoms with Gasteiger partial charge in [-0.2, -0.15) is 0 Å². The number of rotatable bonds is 5. The summed E-state index contributed by atoms with van der Waals surface area (Å²) in [6, 6.07) is 64.7. The van der Waals surface area contributed by atoms with Gasteiger partial charge in [-0.15, -0.1) is 0 Å². The molecule has 10 aromatic rings. The lowest BCUT2D eigenvalue weighted by molar-refractivity contribution is 1.10. The molecule has 0 amide bonds. The highest BCUT2D eigenvalue weighted by molar-refractivity contribution is 6.28. The number of aromatic nitrogens is 4. The van der Waals surface area contributed by atoms with E-state index in [0.29, 0.717) is 0 Å². The van der Waals surface area contributed by atoms with E-state index in [-0.39, 0.29) is 0 Å². The highest BCUT2D eigenvalue weighted by Crippen LogP contribution is 2.45. The third-order valence-corrected chi connectivity index (χ3v) is 9.64. The molecule has 3 aromatic heterocycles. The molecule has 0 saturated heterocycles. The second kappa shape index (κ2) is 11.0. The van der Waals surface area contributed by atoms with Crippen molar-refractivity contribution in [2.24, 2.45) is 0 Å². The van der Waals surface area contributed by atoms with Crippen molar-refractivity contribution >= 4 is 43.9 Å². The molecule has 49 heavy (non-hydrogen) atoms. The van der Waals surface area contributed by atoms with Gasteiger partial charge in [0.2, 0.25) is 0 Å². The van der Waals surface area contributed by atoms with Gasteiger partial charge in [0.1, 0.15) is 11.3 Å². The topological polar surface area (TPSA) is 27.7 Å². The molecular formula is C45H30N4. The molecule has 0 aliphatic rings. The number of imidazole rings is 1. The third-order valence-electron chi connectivity index (χ3n) is 9.64. The summed E-state index contributed by atoms with van der Waals surface area (Å²) in [5.41, 5.74) is 12.2. The van der Waals surface area contributed by atoms with Crippen molar-refractivity contribution in [3.8, 4) is 39.6 Å². The lowest BCUT2D eigenvalue weighted by Gasteiger charge is -2.11. The molecule has 10 rings (SSSR count). The van der Waals surface area contributed by atoms with Crippen LogP contribution in [-0.2, 0) is 0 Å². The van der Waals surface area contributed by atoms with Crippen LogP contribution in [0.3, 0.4) is 0 Å². The van der Waals surface area contributed by atoms with Gasteiger partial charge < -0.3 is 4.57 Å². The maximum Gasteiger partial charge on any atom is 0.165 e. The zero-order chi connectivity index (χ0) is 32.3. The summed E-state index contributed by atoms with van der Waals surface area (Å²) in [6.45, 7) is 0. The average molecular weight is 627 g/mol. The molecule has 0 saturated carbocycles. The van der Waals surface area contributed by atoms with Crippen LogP contribution in [0.5, 0.6) is 0 Å². The number of benzene rings is 7. The van der Waals surface area contributed by atoms with Crippen molar-refractivity contribution in [2.75, 3.05) is 0 Å². The van der Waals surface area contributed by atoms with Gasteiger partial charge in [-0.1, -0.05) is 121 Å². The van der Waals surface area contributed by atoms with Gasteiger partial charge in [0.25, 0.3) is 0 Å². The predicted molar refractivity (Wildman–Crippen MR) is 203 cm³/mol. The Morgan fingerprint density at radius 3 is 1.41 bits per heavy atom. The molecule has 0 atom stereocenters. The fourth-order valence-electron chi connectivity index (χ4n) is 7.54. The smallest absolute Gasteiger partial charge is 0.165 e. The Labute approximate surface area is 283 Å². The first kappa shape index (κ1) is 27.5. The van der Waals surface area contributed by atoms with Gasteiger partial charge in [0.05, 0.1) is 16.6 Å². The van der Waals surface area contributed by atoms with Gasteiger partial charge >= 0.3 is 0 Å². The number of hydrogen-bond acceptors (Lipinski definition) is 1. The Hall–Kier alpha value is -6.65. The molecule has 4 heteroatoms. The summed E-state index contributed by atoms with van der Waals surface area (Å²) in [6.07, 6.45) is 0. The minimum absolute atomic E-state index is 0.914. The van der Waals surface area contributed by atoms with Crippen LogP contribution >= 0.6 is 0 Å². The lowest BCUT2D eigenvalue weighted by Crippen LogP contribution is -1.98. The highest BCUT2D eigenvalue weighted by atomic mass is 15.2. The summed E-state index contributed by atoms with van der Waals surface area (Å²) in [5, 5.41) is 3.60. The van der Waals surface area contributed by atoms with Crippen LogP contribution in [0.15, 0.2) is 182 Å². The van der Waals surface area contributed by atoms with E-state index in [1.807, 2.05) is 0 Å². The third kappa shape index (κ3) is 4.21. The normalized spacial score (nSPS) is 11.7. The van der Waals surface area contributed by atoms with Crippen LogP contribution in [0.2, 0.25) is 0 Å². The van der Waals surface area contributed by atoms with Crippen LogP contribution in [0.1, 0.15) is 0 Å². The van der Waals surface area contributed by atoms with Crippen molar-refractivity contribution < 1.29 is 0 Å². The summed E-state index contributed by atoms with van der Waals surface area (Å²) in [5.74, 6) is 0.914. The monoisotopic (exact) mass is 626 g/mol. The van der Waals surface area contributed by atoms with Crippen molar-refractivity contribution in [3.63, 3.8) is 0 Å². The second-order valence-electron chi connectivity index (χ2n) is 12.4. The summed E-state index contributed by atoms with van der Waals surface area (Å²) < 4.78 is 7.10. The van der Waals surface area contributed by atoms with E-state index < -0.39 is 0 Å². The van der Waals surface area contributed by atoms with Gasteiger partial charge in [0, 0.05) is 38.8 Å². The van der Waals surface area contributed by atoms with Crippen LogP contribution in [-0.4, -0.2) is 18.7 Å². The van der Waals surface area contributed by atoms with E-state index in [0.717, 1.165) is 50.6 Å². The van der Waals surface area contributed by atoms with Gasteiger partial charge in [-0.05, 0) is 71.8 Å². The maximum absolute atomic E-state index is 5.51. The van der Waals surface area contributed by atoms with Crippen molar-refractivity contribution in [1.29, 1.82) is 0 Å². The molecule has 0 bridgehead atoms. The number of fused-ring (bicyclic) bond motifs is 7. The molecule has 0 unspecified atom stereocenters. The first-order valence-corrected chi connectivity index (χ1v) is 16.7. The number of hydrogen-bond donors (Lipinski definition) is 0. The Morgan fingerprint density at radius 2 is 0.816 bits per heavy atom. The highest BCUT2D eigenvalue weighted by Gasteiger charge is 2.26. The fraction of sp³-hybridized carbons (Fsp3) is 0. The summed E-state index contributed by atoms with van der Waals surface area (Å²) in [7, 11) is 0. The lowest BCUT2D eigenvalue weighted by atomic mass is 10.0. The van der Waals surface area contributed by atoms with Crippen molar-refractivity contribution in [1.82, 2.24) is 18.7 Å². The van der Waals surface area contributed by atoms with Gasteiger partial charge in [-0.25, -0.2) is 4.98 Å². The quantitative estimate of drug-likeness (QED) is 0.187. The Morgan fingerprint density at radius 1 is 0.347 bits per heavy atom. The van der Waals surface area contributed by atoms with Crippen LogP contribution in [0.4, 0.5) is 0 Å². The van der Waals surface area contributed by atoms with E-state index >= 15 is 0 Å². The Kier molecular flexibility index (Phi) is 6.15. The largest absolute Gasteiger partial charge is 0.309 e. The second-order valence-corrected chi connectivity index (χ2v) is 12.4. The maximum atomic E-state index is 5.51. The fourth-order valence-corrected chi connectivity index (χ4v) is 7.54. The van der Waals surface area contributed by atoms with E-state index in [9.17, 15) is 0 Å². The average Bonchev–Trinajstić information content (AvgIpc) is 3.83. The van der Waals surface area contributed by atoms with E-state index in [2.05, 4.69) is 196 Å². The van der Waals surface area contributed by atoms with Crippen LogP contribution in [0.25, 0.3) is 83.4 Å². The van der Waals surface area contributed by atoms with Crippen molar-refractivity contribution in [3.05, 3.63) is 182 Å². The zero-order valence-corrected chi connectivity index (χ0v) is 26.6. The van der Waals surface area contributed by atoms with Crippen LogP contribution in [0, 0.1) is 0 Å². The summed E-state index contributed by atoms with van der Waals surface area (Å²) >= 11 is 0. The minimum atomic E-state index is 0.914. The van der Waals surface area contributed by atoms with E-state index in [1.54, 1.807) is 0 Å².